The molecule has 98 valence electrons. The van der Waals surface area contributed by atoms with Crippen LogP contribution in [0.1, 0.15) is 0 Å². The van der Waals surface area contributed by atoms with Crippen molar-refractivity contribution in [3.05, 3.63) is 64.1 Å². The summed E-state index contributed by atoms with van der Waals surface area (Å²) in [4.78, 5) is 18.4. The van der Waals surface area contributed by atoms with Gasteiger partial charge in [-0.25, -0.2) is 9.97 Å². The highest BCUT2D eigenvalue weighted by Crippen LogP contribution is 2.35. The number of hydrogen-bond donors (Lipinski definition) is 0. The van der Waals surface area contributed by atoms with E-state index in [1.54, 1.807) is 6.07 Å². The maximum Gasteiger partial charge on any atom is 0.332 e. The van der Waals surface area contributed by atoms with Crippen molar-refractivity contribution in [2.45, 2.75) is 0 Å². The van der Waals surface area contributed by atoms with E-state index in [1.807, 2.05) is 36.4 Å². The van der Waals surface area contributed by atoms with Gasteiger partial charge in [0.2, 0.25) is 5.15 Å². The maximum atomic E-state index is 11.2. The first-order chi connectivity index (χ1) is 9.68. The molecule has 0 aliphatic rings. The Morgan fingerprint density at radius 2 is 1.80 bits per heavy atom. The minimum Gasteiger partial charge on any atom is -0.258 e. The summed E-state index contributed by atoms with van der Waals surface area (Å²) in [5.41, 5.74) is 0.622. The number of fused-ring (bicyclic) bond motifs is 1. The number of nitrogens with zero attached hydrogens (tertiary/aromatic N) is 3. The van der Waals surface area contributed by atoms with E-state index in [2.05, 4.69) is 9.97 Å². The van der Waals surface area contributed by atoms with E-state index >= 15 is 0 Å². The predicted octanol–water partition coefficient (Wildman–Crippen LogP) is 3.86. The minimum atomic E-state index is -0.556. The summed E-state index contributed by atoms with van der Waals surface area (Å²) in [5.74, 6) is 0. The highest BCUT2D eigenvalue weighted by atomic mass is 35.5. The van der Waals surface area contributed by atoms with Gasteiger partial charge in [-0.3, -0.25) is 10.1 Å². The average Bonchev–Trinajstić information content (AvgIpc) is 2.46. The fourth-order valence-electron chi connectivity index (χ4n) is 2.15. The Balaban J connectivity index is 2.37. The molecule has 0 saturated heterocycles. The van der Waals surface area contributed by atoms with E-state index in [0.29, 0.717) is 5.56 Å². The lowest BCUT2D eigenvalue weighted by molar-refractivity contribution is -0.384. The fourth-order valence-corrected chi connectivity index (χ4v) is 2.35. The highest BCUT2D eigenvalue weighted by Gasteiger charge is 2.23. The Bertz CT molecular complexity index is 815. The molecule has 3 rings (SSSR count). The van der Waals surface area contributed by atoms with E-state index in [-0.39, 0.29) is 16.5 Å². The first-order valence-electron chi connectivity index (χ1n) is 5.81. The van der Waals surface area contributed by atoms with Gasteiger partial charge >= 0.3 is 5.69 Å². The van der Waals surface area contributed by atoms with Gasteiger partial charge in [-0.15, -0.1) is 0 Å². The van der Waals surface area contributed by atoms with Crippen LogP contribution in [0.3, 0.4) is 0 Å². The number of benzene rings is 2. The minimum absolute atomic E-state index is 0.159. The molecule has 6 heteroatoms. The molecule has 2 aromatic carbocycles. The zero-order valence-electron chi connectivity index (χ0n) is 10.2. The summed E-state index contributed by atoms with van der Waals surface area (Å²) in [6.07, 6.45) is 1.23. The monoisotopic (exact) mass is 285 g/mol. The van der Waals surface area contributed by atoms with E-state index in [0.717, 1.165) is 10.8 Å². The van der Waals surface area contributed by atoms with Crippen molar-refractivity contribution in [3.8, 4) is 11.3 Å². The van der Waals surface area contributed by atoms with Crippen molar-refractivity contribution in [2.75, 3.05) is 0 Å². The van der Waals surface area contributed by atoms with Crippen molar-refractivity contribution in [1.82, 2.24) is 9.97 Å². The molecule has 0 spiro atoms. The first kappa shape index (κ1) is 12.5. The summed E-state index contributed by atoms with van der Waals surface area (Å²) >= 11 is 5.83. The second-order valence-corrected chi connectivity index (χ2v) is 4.50. The molecular formula is C14H8ClN3O2. The maximum absolute atomic E-state index is 11.2. The van der Waals surface area contributed by atoms with E-state index in [9.17, 15) is 10.1 Å². The second kappa shape index (κ2) is 4.86. The lowest BCUT2D eigenvalue weighted by Crippen LogP contribution is -1.98. The molecule has 0 aliphatic heterocycles. The van der Waals surface area contributed by atoms with Crippen LogP contribution in [0.4, 0.5) is 5.69 Å². The third kappa shape index (κ3) is 1.98. The van der Waals surface area contributed by atoms with Crippen LogP contribution >= 0.6 is 11.6 Å². The van der Waals surface area contributed by atoms with Gasteiger partial charge in [0.05, 0.1) is 4.92 Å². The molecule has 3 aromatic rings. The molecule has 0 N–H and O–H groups in total. The number of nitro groups is 1. The van der Waals surface area contributed by atoms with Crippen LogP contribution in [0, 0.1) is 10.1 Å². The van der Waals surface area contributed by atoms with Gasteiger partial charge in [0.15, 0.2) is 5.69 Å². The van der Waals surface area contributed by atoms with Crippen molar-refractivity contribution in [1.29, 1.82) is 0 Å². The number of aromatic nitrogens is 2. The Morgan fingerprint density at radius 3 is 2.60 bits per heavy atom. The van der Waals surface area contributed by atoms with Crippen LogP contribution in [0.25, 0.3) is 22.0 Å². The summed E-state index contributed by atoms with van der Waals surface area (Å²) in [6, 6.07) is 13.2. The standard InChI is InChI=1S/C14H8ClN3O2/c15-14-13(18(19)20)12(16-8-17-14)11-7-3-5-9-4-1-2-6-10(9)11/h1-8H. The van der Waals surface area contributed by atoms with Crippen LogP contribution < -0.4 is 0 Å². The second-order valence-electron chi connectivity index (χ2n) is 4.15. The Kier molecular flexibility index (Phi) is 3.04. The largest absolute Gasteiger partial charge is 0.332 e. The van der Waals surface area contributed by atoms with Gasteiger partial charge in [0.1, 0.15) is 6.33 Å². The number of hydrogen-bond acceptors (Lipinski definition) is 4. The molecule has 0 saturated carbocycles. The van der Waals surface area contributed by atoms with Crippen LogP contribution in [-0.4, -0.2) is 14.9 Å². The zero-order valence-corrected chi connectivity index (χ0v) is 10.9. The molecule has 1 aromatic heterocycles. The van der Waals surface area contributed by atoms with Gasteiger partial charge in [0.25, 0.3) is 0 Å². The topological polar surface area (TPSA) is 68.9 Å². The summed E-state index contributed by atoms with van der Waals surface area (Å²) in [5, 5.41) is 12.9. The molecule has 1 heterocycles. The van der Waals surface area contributed by atoms with E-state index in [1.165, 1.54) is 6.33 Å². The fraction of sp³-hybridized carbons (Fsp3) is 0. The Labute approximate surface area is 119 Å². The average molecular weight is 286 g/mol. The molecule has 0 atom stereocenters. The van der Waals surface area contributed by atoms with Crippen molar-refractivity contribution >= 4 is 28.1 Å². The lowest BCUT2D eigenvalue weighted by Gasteiger charge is -2.06. The summed E-state index contributed by atoms with van der Waals surface area (Å²) in [6.45, 7) is 0. The number of rotatable bonds is 2. The summed E-state index contributed by atoms with van der Waals surface area (Å²) < 4.78 is 0. The van der Waals surface area contributed by atoms with Crippen molar-refractivity contribution in [3.63, 3.8) is 0 Å². The molecule has 0 radical (unpaired) electrons. The van der Waals surface area contributed by atoms with Crippen molar-refractivity contribution < 1.29 is 4.92 Å². The van der Waals surface area contributed by atoms with Crippen LogP contribution in [0.15, 0.2) is 48.8 Å². The van der Waals surface area contributed by atoms with Crippen LogP contribution in [0.5, 0.6) is 0 Å². The third-order valence-electron chi connectivity index (χ3n) is 3.00. The molecular weight excluding hydrogens is 278 g/mol. The van der Waals surface area contributed by atoms with Crippen LogP contribution in [-0.2, 0) is 0 Å². The van der Waals surface area contributed by atoms with Crippen molar-refractivity contribution in [2.24, 2.45) is 0 Å². The normalized spacial score (nSPS) is 10.7. The summed E-state index contributed by atoms with van der Waals surface area (Å²) in [7, 11) is 0. The molecule has 20 heavy (non-hydrogen) atoms. The SMILES string of the molecule is O=[N+]([O-])c1c(Cl)ncnc1-c1cccc2ccccc12. The van der Waals surface area contributed by atoms with Gasteiger partial charge in [-0.2, -0.15) is 0 Å². The molecule has 0 unspecified atom stereocenters. The van der Waals surface area contributed by atoms with Gasteiger partial charge < -0.3 is 0 Å². The molecule has 0 fully saturated rings. The highest BCUT2D eigenvalue weighted by molar-refractivity contribution is 6.32. The van der Waals surface area contributed by atoms with Gasteiger partial charge in [0, 0.05) is 5.56 Å². The van der Waals surface area contributed by atoms with Crippen LogP contribution in [0.2, 0.25) is 5.15 Å². The van der Waals surface area contributed by atoms with Gasteiger partial charge in [-0.05, 0) is 10.8 Å². The lowest BCUT2D eigenvalue weighted by atomic mass is 10.0. The van der Waals surface area contributed by atoms with Gasteiger partial charge in [-0.1, -0.05) is 54.1 Å². The predicted molar refractivity (Wildman–Crippen MR) is 76.6 cm³/mol. The molecule has 0 bridgehead atoms. The smallest absolute Gasteiger partial charge is 0.258 e. The molecule has 5 nitrogen and oxygen atoms in total. The van der Waals surface area contributed by atoms with E-state index < -0.39 is 4.92 Å². The molecule has 0 aliphatic carbocycles. The quantitative estimate of drug-likeness (QED) is 0.407. The number of halogens is 1. The van der Waals surface area contributed by atoms with E-state index in [4.69, 9.17) is 11.6 Å². The zero-order chi connectivity index (χ0) is 14.1. The molecule has 0 amide bonds. The third-order valence-corrected chi connectivity index (χ3v) is 3.28. The Hall–Kier alpha value is -2.53. The Morgan fingerprint density at radius 1 is 1.05 bits per heavy atom. The first-order valence-corrected chi connectivity index (χ1v) is 6.19.